The summed E-state index contributed by atoms with van der Waals surface area (Å²) in [5.41, 5.74) is 10.3. The van der Waals surface area contributed by atoms with Crippen molar-refractivity contribution in [1.29, 1.82) is 0 Å². The maximum atomic E-state index is 11.9. The SMILES string of the molecule is CC(C)(C)OC(=O)N1CCCC([NH+]=C(N)N)C1. The van der Waals surface area contributed by atoms with Crippen molar-refractivity contribution in [2.24, 2.45) is 11.5 Å². The molecular weight excluding hydrogens is 220 g/mol. The van der Waals surface area contributed by atoms with Gasteiger partial charge in [0, 0.05) is 6.54 Å². The molecule has 1 aliphatic rings. The van der Waals surface area contributed by atoms with E-state index in [4.69, 9.17) is 16.2 Å². The van der Waals surface area contributed by atoms with Crippen LogP contribution in [0.25, 0.3) is 0 Å². The molecule has 1 fully saturated rings. The Morgan fingerprint density at radius 3 is 2.59 bits per heavy atom. The van der Waals surface area contributed by atoms with E-state index in [2.05, 4.69) is 4.99 Å². The second kappa shape index (κ2) is 5.25. The standard InChI is InChI=1S/C11H22N4O2/c1-11(2,3)17-10(16)15-6-4-5-8(7-15)14-9(12)13/h8H,4-7H2,1-3H3,(H4,12,13,14)/p+1. The van der Waals surface area contributed by atoms with Gasteiger partial charge in [-0.3, -0.25) is 16.5 Å². The topological polar surface area (TPSA) is 95.5 Å². The first kappa shape index (κ1) is 13.6. The van der Waals surface area contributed by atoms with Crippen molar-refractivity contribution >= 4 is 12.1 Å². The molecule has 1 saturated heterocycles. The number of nitrogens with two attached hydrogens (primary N) is 2. The normalized spacial score (nSPS) is 20.9. The van der Waals surface area contributed by atoms with Crippen molar-refractivity contribution < 1.29 is 14.5 Å². The summed E-state index contributed by atoms with van der Waals surface area (Å²) < 4.78 is 5.32. The molecule has 0 aromatic carbocycles. The van der Waals surface area contributed by atoms with Crippen LogP contribution in [-0.4, -0.2) is 41.7 Å². The van der Waals surface area contributed by atoms with Crippen molar-refractivity contribution in [2.45, 2.75) is 45.3 Å². The van der Waals surface area contributed by atoms with Crippen molar-refractivity contribution in [3.05, 3.63) is 0 Å². The molecule has 0 saturated carbocycles. The molecule has 1 amide bonds. The summed E-state index contributed by atoms with van der Waals surface area (Å²) >= 11 is 0. The number of carbonyl (C=O) groups is 1. The summed E-state index contributed by atoms with van der Waals surface area (Å²) in [7, 11) is 0. The van der Waals surface area contributed by atoms with Crippen LogP contribution in [0.4, 0.5) is 4.79 Å². The van der Waals surface area contributed by atoms with E-state index in [9.17, 15) is 4.79 Å². The number of carbonyl (C=O) groups excluding carboxylic acids is 1. The Hall–Kier alpha value is -1.46. The van der Waals surface area contributed by atoms with E-state index in [1.54, 1.807) is 4.90 Å². The lowest BCUT2D eigenvalue weighted by Crippen LogP contribution is -2.86. The predicted molar refractivity (Wildman–Crippen MR) is 65.2 cm³/mol. The van der Waals surface area contributed by atoms with Gasteiger partial charge < -0.3 is 9.64 Å². The highest BCUT2D eigenvalue weighted by Gasteiger charge is 2.27. The number of rotatable bonds is 1. The second-order valence-corrected chi connectivity index (χ2v) is 5.37. The summed E-state index contributed by atoms with van der Waals surface area (Å²) in [5, 5.41) is 0. The number of nitrogens with one attached hydrogen (secondary N) is 1. The second-order valence-electron chi connectivity index (χ2n) is 5.37. The minimum absolute atomic E-state index is 0.112. The third kappa shape index (κ3) is 4.93. The zero-order valence-electron chi connectivity index (χ0n) is 10.8. The minimum Gasteiger partial charge on any atom is -0.444 e. The molecule has 98 valence electrons. The summed E-state index contributed by atoms with van der Waals surface area (Å²) in [6.07, 6.45) is 1.60. The Morgan fingerprint density at radius 2 is 2.06 bits per heavy atom. The molecule has 0 spiro atoms. The summed E-state index contributed by atoms with van der Waals surface area (Å²) in [5.74, 6) is 0.195. The molecule has 6 nitrogen and oxygen atoms in total. The first-order chi connectivity index (χ1) is 7.78. The van der Waals surface area contributed by atoms with Gasteiger partial charge in [-0.15, -0.1) is 0 Å². The quantitative estimate of drug-likeness (QED) is 0.396. The molecule has 6 heteroatoms. The summed E-state index contributed by atoms with van der Waals surface area (Å²) in [6, 6.07) is 0.112. The molecule has 0 aliphatic carbocycles. The zero-order chi connectivity index (χ0) is 13.1. The maximum absolute atomic E-state index is 11.9. The van der Waals surface area contributed by atoms with Crippen LogP contribution in [0.1, 0.15) is 33.6 Å². The lowest BCUT2D eigenvalue weighted by atomic mass is 10.1. The number of likely N-dealkylation sites (tertiary alicyclic amines) is 1. The fourth-order valence-electron chi connectivity index (χ4n) is 1.82. The molecule has 1 atom stereocenters. The van der Waals surface area contributed by atoms with Gasteiger partial charge in [-0.1, -0.05) is 0 Å². The Bertz CT molecular complexity index is 305. The van der Waals surface area contributed by atoms with E-state index < -0.39 is 5.60 Å². The lowest BCUT2D eigenvalue weighted by molar-refractivity contribution is -0.508. The third-order valence-corrected chi connectivity index (χ3v) is 2.44. The number of guanidine groups is 1. The van der Waals surface area contributed by atoms with Gasteiger partial charge in [-0.25, -0.2) is 4.79 Å². The largest absolute Gasteiger partial charge is 0.444 e. The molecule has 0 radical (unpaired) electrons. The molecule has 1 heterocycles. The number of ether oxygens (including phenoxy) is 1. The van der Waals surface area contributed by atoms with Crippen molar-refractivity contribution in [2.75, 3.05) is 13.1 Å². The van der Waals surface area contributed by atoms with Gasteiger partial charge in [0.15, 0.2) is 0 Å². The molecule has 0 aromatic heterocycles. The van der Waals surface area contributed by atoms with Gasteiger partial charge in [-0.2, -0.15) is 0 Å². The first-order valence-corrected chi connectivity index (χ1v) is 5.90. The van der Waals surface area contributed by atoms with E-state index in [0.717, 1.165) is 19.4 Å². The van der Waals surface area contributed by atoms with E-state index in [1.807, 2.05) is 20.8 Å². The van der Waals surface area contributed by atoms with E-state index >= 15 is 0 Å². The van der Waals surface area contributed by atoms with Crippen LogP contribution in [0, 0.1) is 0 Å². The highest BCUT2D eigenvalue weighted by molar-refractivity contribution is 5.69. The van der Waals surface area contributed by atoms with Gasteiger partial charge >= 0.3 is 12.1 Å². The fraction of sp³-hybridized carbons (Fsp3) is 0.818. The van der Waals surface area contributed by atoms with Gasteiger partial charge in [0.1, 0.15) is 5.60 Å². The van der Waals surface area contributed by atoms with Crippen molar-refractivity contribution in [3.63, 3.8) is 0 Å². The van der Waals surface area contributed by atoms with Gasteiger partial charge in [0.2, 0.25) is 0 Å². The number of amides is 1. The van der Waals surface area contributed by atoms with Gasteiger partial charge in [0.25, 0.3) is 0 Å². The van der Waals surface area contributed by atoms with E-state index in [-0.39, 0.29) is 18.1 Å². The van der Waals surface area contributed by atoms with Crippen LogP contribution in [0.5, 0.6) is 0 Å². The van der Waals surface area contributed by atoms with Crippen LogP contribution in [0.3, 0.4) is 0 Å². The van der Waals surface area contributed by atoms with E-state index in [1.165, 1.54) is 0 Å². The van der Waals surface area contributed by atoms with Gasteiger partial charge in [-0.05, 0) is 33.6 Å². The Morgan fingerprint density at radius 1 is 1.41 bits per heavy atom. The molecular formula is C11H23N4O2+. The minimum atomic E-state index is -0.462. The number of hydrogen-bond donors (Lipinski definition) is 3. The van der Waals surface area contributed by atoms with Crippen LogP contribution >= 0.6 is 0 Å². The number of piperidine rings is 1. The smallest absolute Gasteiger partial charge is 0.410 e. The van der Waals surface area contributed by atoms with Crippen molar-refractivity contribution in [3.8, 4) is 0 Å². The van der Waals surface area contributed by atoms with E-state index in [0.29, 0.717) is 6.54 Å². The molecule has 1 rings (SSSR count). The van der Waals surface area contributed by atoms with Crippen molar-refractivity contribution in [1.82, 2.24) is 4.90 Å². The Kier molecular flexibility index (Phi) is 4.20. The fourth-order valence-corrected chi connectivity index (χ4v) is 1.82. The third-order valence-electron chi connectivity index (χ3n) is 2.44. The van der Waals surface area contributed by atoms with Crippen LogP contribution in [0.15, 0.2) is 0 Å². The highest BCUT2D eigenvalue weighted by atomic mass is 16.6. The maximum Gasteiger partial charge on any atom is 0.410 e. The number of nitrogens with zero attached hydrogens (tertiary/aromatic N) is 1. The molecule has 5 N–H and O–H groups in total. The lowest BCUT2D eigenvalue weighted by Gasteiger charge is -2.32. The highest BCUT2D eigenvalue weighted by Crippen LogP contribution is 2.13. The molecule has 0 bridgehead atoms. The average molecular weight is 243 g/mol. The Labute approximate surface area is 102 Å². The first-order valence-electron chi connectivity index (χ1n) is 5.90. The monoisotopic (exact) mass is 243 g/mol. The molecule has 0 aromatic rings. The summed E-state index contributed by atoms with van der Waals surface area (Å²) in [6.45, 7) is 6.87. The molecule has 1 unspecified atom stereocenters. The molecule has 17 heavy (non-hydrogen) atoms. The van der Waals surface area contributed by atoms with Gasteiger partial charge in [0.05, 0.1) is 12.6 Å². The van der Waals surface area contributed by atoms with Crippen LogP contribution in [0.2, 0.25) is 0 Å². The number of hydrogen-bond acceptors (Lipinski definition) is 2. The van der Waals surface area contributed by atoms with Crippen LogP contribution < -0.4 is 16.5 Å². The molecule has 1 aliphatic heterocycles. The summed E-state index contributed by atoms with van der Waals surface area (Å²) in [4.78, 5) is 16.5. The Balaban J connectivity index is 2.55. The zero-order valence-corrected chi connectivity index (χ0v) is 10.8. The predicted octanol–water partition coefficient (Wildman–Crippen LogP) is -1.26. The average Bonchev–Trinajstić information content (AvgIpc) is 2.14. The van der Waals surface area contributed by atoms with Crippen LogP contribution in [-0.2, 0) is 4.74 Å².